The highest BCUT2D eigenvalue weighted by molar-refractivity contribution is 9.10. The molecular weight excluding hydrogens is 993 g/mol. The first-order valence-corrected chi connectivity index (χ1v) is 23.3. The van der Waals surface area contributed by atoms with E-state index in [1.165, 1.54) is 32.3 Å². The number of hydrogen-bond acceptors (Lipinski definition) is 10. The second kappa shape index (κ2) is 24.8. The number of nitrogens with one attached hydrogen (secondary N) is 4. The highest BCUT2D eigenvalue weighted by atomic mass is 79.9. The Labute approximate surface area is 424 Å². The van der Waals surface area contributed by atoms with Crippen molar-refractivity contribution in [2.75, 3.05) is 41.4 Å². The van der Waals surface area contributed by atoms with E-state index < -0.39 is 30.6 Å². The Balaban J connectivity index is 0.000000220. The van der Waals surface area contributed by atoms with Crippen LogP contribution in [0.1, 0.15) is 67.8 Å². The maximum Gasteiger partial charge on any atom is 0.488 e. The van der Waals surface area contributed by atoms with Crippen molar-refractivity contribution in [2.24, 2.45) is 0 Å². The van der Waals surface area contributed by atoms with Crippen LogP contribution >= 0.6 is 15.9 Å². The highest BCUT2D eigenvalue weighted by Crippen LogP contribution is 2.33. The number of hydrogen-bond donors (Lipinski definition) is 6. The molecule has 2 heterocycles. The van der Waals surface area contributed by atoms with Crippen LogP contribution < -0.4 is 25.6 Å². The molecule has 8 aromatic rings. The number of rotatable bonds is 14. The first-order valence-electron chi connectivity index (χ1n) is 22.5. The summed E-state index contributed by atoms with van der Waals surface area (Å²) in [7, 11) is 4.63. The molecule has 0 aliphatic heterocycles. The number of carbonyl (C=O) groups is 4. The van der Waals surface area contributed by atoms with Crippen LogP contribution in [0.15, 0.2) is 126 Å². The van der Waals surface area contributed by atoms with Crippen LogP contribution in [0.3, 0.4) is 0 Å². The molecular formula is C52H54BBrF2N8O8. The van der Waals surface area contributed by atoms with Crippen LogP contribution in [-0.2, 0) is 13.1 Å². The average molecular weight is 1050 g/mol. The van der Waals surface area contributed by atoms with Crippen molar-refractivity contribution in [2.45, 2.75) is 26.9 Å². The van der Waals surface area contributed by atoms with E-state index in [0.29, 0.717) is 60.1 Å². The Morgan fingerprint density at radius 3 is 1.67 bits per heavy atom. The third-order valence-corrected chi connectivity index (χ3v) is 11.8. The second-order valence-electron chi connectivity index (χ2n) is 16.0. The molecule has 6 N–H and O–H groups in total. The van der Waals surface area contributed by atoms with E-state index in [9.17, 15) is 28.0 Å². The quantitative estimate of drug-likeness (QED) is 0.0590. The van der Waals surface area contributed by atoms with Gasteiger partial charge in [0.1, 0.15) is 23.1 Å². The Morgan fingerprint density at radius 2 is 1.15 bits per heavy atom. The minimum Gasteiger partial charge on any atom is -0.493 e. The van der Waals surface area contributed by atoms with Crippen molar-refractivity contribution >= 4 is 73.9 Å². The van der Waals surface area contributed by atoms with E-state index in [1.807, 2.05) is 56.3 Å². The molecule has 0 radical (unpaired) electrons. The summed E-state index contributed by atoms with van der Waals surface area (Å²) in [5.74, 6) is -1.51. The lowest BCUT2D eigenvalue weighted by Crippen LogP contribution is -2.32. The molecule has 72 heavy (non-hydrogen) atoms. The van der Waals surface area contributed by atoms with E-state index >= 15 is 0 Å². The fourth-order valence-electron chi connectivity index (χ4n) is 7.50. The topological polar surface area (TPSA) is 215 Å². The summed E-state index contributed by atoms with van der Waals surface area (Å²) in [6, 6.07) is 30.0. The molecule has 16 nitrogen and oxygen atoms in total. The molecule has 0 fully saturated rings. The monoisotopic (exact) mass is 1050 g/mol. The van der Waals surface area contributed by atoms with Crippen LogP contribution in [-0.4, -0.2) is 112 Å². The molecule has 0 atom stereocenters. The first-order chi connectivity index (χ1) is 34.6. The van der Waals surface area contributed by atoms with Gasteiger partial charge < -0.3 is 40.0 Å². The second-order valence-corrected chi connectivity index (χ2v) is 16.9. The van der Waals surface area contributed by atoms with Gasteiger partial charge in [-0.05, 0) is 113 Å². The van der Waals surface area contributed by atoms with E-state index in [0.717, 1.165) is 49.5 Å². The van der Waals surface area contributed by atoms with Crippen LogP contribution in [0.5, 0.6) is 11.5 Å². The number of ether oxygens (including phenoxy) is 2. The van der Waals surface area contributed by atoms with Gasteiger partial charge in [0.25, 0.3) is 23.6 Å². The number of aromatic nitrogens is 4. The van der Waals surface area contributed by atoms with Gasteiger partial charge in [0.15, 0.2) is 0 Å². The third kappa shape index (κ3) is 12.9. The largest absolute Gasteiger partial charge is 0.493 e. The maximum atomic E-state index is 14.1. The van der Waals surface area contributed by atoms with Crippen LogP contribution in [0, 0.1) is 11.6 Å². The molecule has 374 valence electrons. The van der Waals surface area contributed by atoms with Crippen molar-refractivity contribution in [3.05, 3.63) is 171 Å². The molecule has 4 amide bonds. The number of aromatic amines is 2. The van der Waals surface area contributed by atoms with Gasteiger partial charge in [-0.1, -0.05) is 48.5 Å². The smallest absolute Gasteiger partial charge is 0.488 e. The third-order valence-electron chi connectivity index (χ3n) is 11.2. The minimum atomic E-state index is -1.71. The summed E-state index contributed by atoms with van der Waals surface area (Å²) in [6.07, 6.45) is 3.53. The fraction of sp³-hybridized carbons (Fsp3) is 0.192. The lowest BCUT2D eigenvalue weighted by molar-refractivity contribution is 0.0778. The summed E-state index contributed by atoms with van der Waals surface area (Å²) in [5, 5.41) is 38.4. The summed E-state index contributed by atoms with van der Waals surface area (Å²) in [6.45, 7) is 5.59. The molecule has 0 unspecified atom stereocenters. The fourth-order valence-corrected chi connectivity index (χ4v) is 7.87. The van der Waals surface area contributed by atoms with Crippen molar-refractivity contribution in [3.63, 3.8) is 0 Å². The number of nitrogens with zero attached hydrogens (tertiary/aromatic N) is 4. The maximum absolute atomic E-state index is 14.1. The zero-order valence-electron chi connectivity index (χ0n) is 40.2. The van der Waals surface area contributed by atoms with Gasteiger partial charge in [0, 0.05) is 70.2 Å². The minimum absolute atomic E-state index is 0. The molecule has 0 bridgehead atoms. The van der Waals surface area contributed by atoms with Gasteiger partial charge in [-0.15, -0.1) is 0 Å². The van der Waals surface area contributed by atoms with Crippen molar-refractivity contribution in [3.8, 4) is 22.6 Å². The lowest BCUT2D eigenvalue weighted by atomic mass is 9.79. The number of fused-ring (bicyclic) bond motifs is 2. The van der Waals surface area contributed by atoms with E-state index in [4.69, 9.17) is 19.5 Å². The van der Waals surface area contributed by atoms with Gasteiger partial charge in [0.2, 0.25) is 0 Å². The van der Waals surface area contributed by atoms with Gasteiger partial charge in [-0.3, -0.25) is 29.4 Å². The van der Waals surface area contributed by atoms with E-state index in [-0.39, 0.29) is 29.8 Å². The van der Waals surface area contributed by atoms with Gasteiger partial charge in [-0.25, -0.2) is 8.78 Å². The summed E-state index contributed by atoms with van der Waals surface area (Å²) < 4.78 is 39.4. The van der Waals surface area contributed by atoms with E-state index in [1.54, 1.807) is 72.7 Å². The van der Waals surface area contributed by atoms with Crippen LogP contribution in [0.4, 0.5) is 8.78 Å². The summed E-state index contributed by atoms with van der Waals surface area (Å²) in [4.78, 5) is 52.4. The SMILES string of the molecule is CCOc1cc(C(=O)N(C)Cc2cccc3cn[nH]c23)ccc1-c1ccc(F)c(C(=O)NC)c1.CCOc1cc(C(=O)N(C)Cc2cccc3cn[nH]c23)ccc1Br.CNC(=O)c1cc(B(O)O)ccc1F.[2HH]. The van der Waals surface area contributed by atoms with Crippen LogP contribution in [0.2, 0.25) is 0 Å². The molecule has 2 aromatic heterocycles. The Kier molecular flexibility index (Phi) is 18.4. The van der Waals surface area contributed by atoms with E-state index in [2.05, 4.69) is 47.0 Å². The normalized spacial score (nSPS) is 10.6. The molecule has 0 spiro atoms. The predicted octanol–water partition coefficient (Wildman–Crippen LogP) is 7.51. The molecule has 20 heteroatoms. The van der Waals surface area contributed by atoms with Gasteiger partial charge >= 0.3 is 7.12 Å². The molecule has 8 rings (SSSR count). The number of benzene rings is 6. The Bertz CT molecular complexity index is 3230. The van der Waals surface area contributed by atoms with Gasteiger partial charge in [-0.2, -0.15) is 10.2 Å². The number of amides is 4. The highest BCUT2D eigenvalue weighted by Gasteiger charge is 2.21. The number of carbonyl (C=O) groups excluding carboxylic acids is 4. The number of halogens is 3. The standard InChI is InChI=1S/C26H25FN4O3.C18H18BrN3O2.C8H9BFNO3.H2/c1-4-34-23-13-17(8-10-20(23)16-9-11-22(27)21(12-16)25(32)28-2)26(33)31(3)15-19-7-5-6-18-14-29-30-24(18)19;1-3-24-16-9-12(7-8-15(16)19)18(23)22(2)11-14-6-4-5-13-10-20-21-17(13)14;1-11-8(12)6-4-5(9(13)14)2-3-7(6)10;/h5-14H,4,15H2,1-3H3,(H,28,32)(H,29,30);4-10H,3,11H2,1-2H3,(H,20,21);2-4,13-14H,1H3,(H,11,12);1H/i;;;1+1. The molecule has 0 aliphatic carbocycles. The molecule has 0 saturated carbocycles. The Morgan fingerprint density at radius 1 is 0.667 bits per heavy atom. The number of para-hydroxylation sites is 2. The lowest BCUT2D eigenvalue weighted by Gasteiger charge is -2.19. The Hall–Kier alpha value is -7.94. The summed E-state index contributed by atoms with van der Waals surface area (Å²) >= 11 is 3.43. The van der Waals surface area contributed by atoms with Crippen molar-refractivity contribution in [1.29, 1.82) is 0 Å². The molecule has 6 aromatic carbocycles. The van der Waals surface area contributed by atoms with Crippen molar-refractivity contribution < 1.29 is 48.9 Å². The summed E-state index contributed by atoms with van der Waals surface area (Å²) in [5.41, 5.74) is 5.98. The zero-order chi connectivity index (χ0) is 52.1. The molecule has 0 aliphatic rings. The average Bonchev–Trinajstić information content (AvgIpc) is 4.09. The van der Waals surface area contributed by atoms with Crippen molar-refractivity contribution in [1.82, 2.24) is 40.8 Å². The molecule has 0 saturated heterocycles. The van der Waals surface area contributed by atoms with Crippen LogP contribution in [0.25, 0.3) is 32.9 Å². The predicted molar refractivity (Wildman–Crippen MR) is 277 cm³/mol. The van der Waals surface area contributed by atoms with Gasteiger partial charge in [0.05, 0.1) is 52.2 Å². The zero-order valence-corrected chi connectivity index (χ0v) is 41.8. The number of H-pyrrole nitrogens is 2. The first kappa shape index (κ1) is 53.4.